The van der Waals surface area contributed by atoms with E-state index in [1.54, 1.807) is 0 Å². The average Bonchev–Trinajstić information content (AvgIpc) is 3.36. The van der Waals surface area contributed by atoms with Crippen LogP contribution in [0.15, 0.2) is 72.8 Å². The summed E-state index contributed by atoms with van der Waals surface area (Å²) in [6, 6.07) is 28.9. The first kappa shape index (κ1) is 53.8. The van der Waals surface area contributed by atoms with Crippen molar-refractivity contribution in [3.8, 4) is 0 Å². The zero-order chi connectivity index (χ0) is 47.1. The second kappa shape index (κ2) is 33.1. The van der Waals surface area contributed by atoms with E-state index >= 15 is 0 Å². The molecule has 0 aromatic heterocycles. The van der Waals surface area contributed by atoms with Crippen molar-refractivity contribution in [3.05, 3.63) is 140 Å². The van der Waals surface area contributed by atoms with Crippen molar-refractivity contribution < 1.29 is 0 Å². The molecule has 1 fully saturated rings. The SMILES string of the molecule is C1CCCCC1.CC.c1c2cc3cc1CCCCNCc1cc4cc(c1)CNCCNCc1cc(cc(c1)CNCCNCc1cc(cc(c1)CNCCNC4)CNCCCC2)CNCCNC3. The van der Waals surface area contributed by atoms with Crippen molar-refractivity contribution in [2.45, 2.75) is 156 Å². The third-order valence-corrected chi connectivity index (χ3v) is 13.3. The van der Waals surface area contributed by atoms with Gasteiger partial charge in [-0.2, -0.15) is 0 Å². The molecule has 10 nitrogen and oxygen atoms in total. The van der Waals surface area contributed by atoms with Crippen LogP contribution in [0.5, 0.6) is 0 Å². The molecule has 12 bridgehead atoms. The molecule has 4 aromatic rings. The van der Waals surface area contributed by atoms with E-state index in [4.69, 9.17) is 0 Å². The molecular formula is C58H92N10. The molecule has 10 heteroatoms. The van der Waals surface area contributed by atoms with E-state index in [-0.39, 0.29) is 0 Å². The number of hydrogen-bond acceptors (Lipinski definition) is 10. The molecule has 1 aliphatic carbocycles. The minimum Gasteiger partial charge on any atom is -0.313 e. The fourth-order valence-corrected chi connectivity index (χ4v) is 9.92. The molecule has 5 aliphatic rings. The van der Waals surface area contributed by atoms with E-state index in [0.29, 0.717) is 0 Å². The third kappa shape index (κ3) is 21.6. The Morgan fingerprint density at radius 3 is 0.559 bits per heavy atom. The smallest absolute Gasteiger partial charge is 0.0206 e. The van der Waals surface area contributed by atoms with Crippen molar-refractivity contribution in [3.63, 3.8) is 0 Å². The van der Waals surface area contributed by atoms with Crippen molar-refractivity contribution in [2.24, 2.45) is 0 Å². The van der Waals surface area contributed by atoms with Gasteiger partial charge >= 0.3 is 0 Å². The molecule has 9 rings (SSSR count). The summed E-state index contributed by atoms with van der Waals surface area (Å²) in [5.74, 6) is 0. The van der Waals surface area contributed by atoms with E-state index in [0.717, 1.165) is 144 Å². The number of rotatable bonds is 0. The van der Waals surface area contributed by atoms with E-state index in [9.17, 15) is 0 Å². The first-order chi connectivity index (χ1) is 33.7. The molecule has 0 amide bonds. The Bertz CT molecular complexity index is 1440. The standard InChI is InChI=1S/C50H74N10.C6H12.C2H6/c1-3-7-51-29-42-20-44-24-46(22-42)34-57-13-15-59-37-49-26-48-27-50(28-49)38-60-16-14-58-35-47-23-43(21-45(25-47)33-56-12-11-55-32-44)30-52-8-4-2-6-40-17-39(5-1)18-41(19-40)31-53-9-10-54-36-48;1-2-4-6-5-3-1;1-2/h17-28,51-60H,1-16,29-38H2;1-6H2;1-2H3. The first-order valence-electron chi connectivity index (χ1n) is 27.2. The van der Waals surface area contributed by atoms with Crippen LogP contribution in [0.3, 0.4) is 0 Å². The Labute approximate surface area is 412 Å². The maximum absolute atomic E-state index is 3.79. The Morgan fingerprint density at radius 2 is 0.353 bits per heavy atom. The summed E-state index contributed by atoms with van der Waals surface area (Å²) in [6.45, 7) is 22.2. The van der Waals surface area contributed by atoms with Crippen molar-refractivity contribution in [1.29, 1.82) is 0 Å². The monoisotopic (exact) mass is 929 g/mol. The maximum Gasteiger partial charge on any atom is 0.0206 e. The predicted octanol–water partition coefficient (Wildman–Crippen LogP) is 7.74. The molecule has 0 unspecified atom stereocenters. The molecule has 0 saturated heterocycles. The van der Waals surface area contributed by atoms with Crippen molar-refractivity contribution >= 4 is 0 Å². The van der Waals surface area contributed by atoms with Crippen LogP contribution in [-0.4, -0.2) is 65.4 Å². The van der Waals surface area contributed by atoms with Crippen molar-refractivity contribution in [1.82, 2.24) is 53.2 Å². The molecule has 4 aliphatic heterocycles. The number of aryl methyl sites for hydroxylation is 2. The quantitative estimate of drug-likeness (QED) is 0.0859. The molecule has 0 spiro atoms. The van der Waals surface area contributed by atoms with Gasteiger partial charge in [0.25, 0.3) is 0 Å². The number of nitrogens with one attached hydrogen (secondary N) is 10. The predicted molar refractivity (Wildman–Crippen MR) is 288 cm³/mol. The second-order valence-electron chi connectivity index (χ2n) is 19.4. The van der Waals surface area contributed by atoms with Crippen LogP contribution >= 0.6 is 0 Å². The molecule has 10 N–H and O–H groups in total. The fourth-order valence-electron chi connectivity index (χ4n) is 9.92. The number of fused-ring (bicyclic) bond motifs is 30. The largest absolute Gasteiger partial charge is 0.313 e. The molecule has 374 valence electrons. The van der Waals surface area contributed by atoms with Gasteiger partial charge in [0.1, 0.15) is 0 Å². The summed E-state index contributed by atoms with van der Waals surface area (Å²) in [7, 11) is 0. The first-order valence-corrected chi connectivity index (χ1v) is 27.2. The molecule has 0 atom stereocenters. The Balaban J connectivity index is 0.000000872. The number of benzene rings is 4. The lowest BCUT2D eigenvalue weighted by Crippen LogP contribution is -2.28. The summed E-state index contributed by atoms with van der Waals surface area (Å²) in [4.78, 5) is 0. The zero-order valence-corrected chi connectivity index (χ0v) is 42.6. The van der Waals surface area contributed by atoms with Gasteiger partial charge < -0.3 is 53.2 Å². The highest BCUT2D eigenvalue weighted by atomic mass is 15.0. The molecule has 4 heterocycles. The topological polar surface area (TPSA) is 120 Å². The van der Waals surface area contributed by atoms with Crippen LogP contribution < -0.4 is 53.2 Å². The molecule has 68 heavy (non-hydrogen) atoms. The van der Waals surface area contributed by atoms with Gasteiger partial charge in [0, 0.05) is 118 Å². The summed E-state index contributed by atoms with van der Waals surface area (Å²) < 4.78 is 0. The molecule has 0 radical (unpaired) electrons. The summed E-state index contributed by atoms with van der Waals surface area (Å²) in [5, 5.41) is 37.5. The van der Waals surface area contributed by atoms with E-state index < -0.39 is 0 Å². The maximum atomic E-state index is 3.79. The summed E-state index contributed by atoms with van der Waals surface area (Å²) in [5.41, 5.74) is 16.5. The van der Waals surface area contributed by atoms with Gasteiger partial charge in [0.15, 0.2) is 0 Å². The van der Waals surface area contributed by atoms with Crippen LogP contribution in [0.25, 0.3) is 0 Å². The highest BCUT2D eigenvalue weighted by Crippen LogP contribution is 2.18. The number of hydrogen-bond donors (Lipinski definition) is 10. The zero-order valence-electron chi connectivity index (χ0n) is 42.6. The lowest BCUT2D eigenvalue weighted by molar-refractivity contribution is 0.504. The fraction of sp³-hybridized carbons (Fsp3) is 0.586. The van der Waals surface area contributed by atoms with E-state index in [1.807, 2.05) is 13.8 Å². The second-order valence-corrected chi connectivity index (χ2v) is 19.4. The van der Waals surface area contributed by atoms with Gasteiger partial charge in [0.2, 0.25) is 0 Å². The minimum absolute atomic E-state index is 0.856. The molecule has 1 saturated carbocycles. The molecule has 4 aromatic carbocycles. The van der Waals surface area contributed by atoms with Crippen LogP contribution in [-0.2, 0) is 78.3 Å². The van der Waals surface area contributed by atoms with E-state index in [2.05, 4.69) is 126 Å². The lowest BCUT2D eigenvalue weighted by Gasteiger charge is -2.14. The normalized spacial score (nSPS) is 19.5. The Hall–Kier alpha value is -3.52. The van der Waals surface area contributed by atoms with Gasteiger partial charge in [-0.1, -0.05) is 125 Å². The van der Waals surface area contributed by atoms with Crippen LogP contribution in [0, 0.1) is 0 Å². The van der Waals surface area contributed by atoms with Crippen LogP contribution in [0.4, 0.5) is 0 Å². The van der Waals surface area contributed by atoms with Crippen molar-refractivity contribution in [2.75, 3.05) is 65.4 Å². The van der Waals surface area contributed by atoms with Crippen LogP contribution in [0.1, 0.15) is 145 Å². The van der Waals surface area contributed by atoms with E-state index in [1.165, 1.54) is 131 Å². The highest BCUT2D eigenvalue weighted by Gasteiger charge is 2.09. The van der Waals surface area contributed by atoms with Gasteiger partial charge in [0.05, 0.1) is 0 Å². The van der Waals surface area contributed by atoms with Crippen LogP contribution in [0.2, 0.25) is 0 Å². The Morgan fingerprint density at radius 1 is 0.191 bits per heavy atom. The van der Waals surface area contributed by atoms with Gasteiger partial charge in [-0.3, -0.25) is 0 Å². The Kier molecular flexibility index (Phi) is 26.2. The highest BCUT2D eigenvalue weighted by molar-refractivity contribution is 5.33. The average molecular weight is 929 g/mol. The third-order valence-electron chi connectivity index (χ3n) is 13.3. The molecular weight excluding hydrogens is 837 g/mol. The summed E-state index contributed by atoms with van der Waals surface area (Å²) in [6.07, 6.45) is 16.0. The van der Waals surface area contributed by atoms with Gasteiger partial charge in [-0.15, -0.1) is 0 Å². The minimum atomic E-state index is 0.856. The van der Waals surface area contributed by atoms with Gasteiger partial charge in [-0.05, 0) is 118 Å². The summed E-state index contributed by atoms with van der Waals surface area (Å²) >= 11 is 0. The lowest BCUT2D eigenvalue weighted by atomic mass is 9.98. The van der Waals surface area contributed by atoms with Gasteiger partial charge in [-0.25, -0.2) is 0 Å².